The van der Waals surface area contributed by atoms with Gasteiger partial charge in [-0.15, -0.1) is 0 Å². The van der Waals surface area contributed by atoms with Gasteiger partial charge in [-0.1, -0.05) is 11.6 Å². The summed E-state index contributed by atoms with van der Waals surface area (Å²) in [5, 5.41) is 0.412. The van der Waals surface area contributed by atoms with Crippen molar-refractivity contribution in [2.45, 2.75) is 13.0 Å². The van der Waals surface area contributed by atoms with Gasteiger partial charge in [0.2, 0.25) is 5.28 Å². The van der Waals surface area contributed by atoms with Crippen LogP contribution in [-0.4, -0.2) is 45.7 Å². The number of fused-ring (bicyclic) bond motifs is 1. The van der Waals surface area contributed by atoms with Gasteiger partial charge in [0.1, 0.15) is 17.4 Å². The van der Waals surface area contributed by atoms with Crippen molar-refractivity contribution in [1.29, 1.82) is 0 Å². The van der Waals surface area contributed by atoms with E-state index in [0.29, 0.717) is 23.5 Å². The van der Waals surface area contributed by atoms with Gasteiger partial charge >= 0.3 is 0 Å². The lowest BCUT2D eigenvalue weighted by Gasteiger charge is -2.32. The largest absolute Gasteiger partial charge is 0.375 e. The van der Waals surface area contributed by atoms with Gasteiger partial charge in [-0.05, 0) is 18.5 Å². The molecule has 100 valence electrons. The number of hydrogen-bond donors (Lipinski definition) is 0. The zero-order chi connectivity index (χ0) is 13.4. The number of anilines is 1. The van der Waals surface area contributed by atoms with Crippen LogP contribution in [0.4, 0.5) is 5.82 Å². The Morgan fingerprint density at radius 1 is 1.26 bits per heavy atom. The number of ether oxygens (including phenoxy) is 1. The first-order chi connectivity index (χ1) is 9.15. The Kier molecular flexibility index (Phi) is 3.38. The lowest BCUT2D eigenvalue weighted by Crippen LogP contribution is -2.41. The van der Waals surface area contributed by atoms with Crippen LogP contribution in [-0.2, 0) is 4.74 Å². The van der Waals surface area contributed by atoms with Crippen LogP contribution < -0.4 is 4.90 Å². The fourth-order valence-corrected chi connectivity index (χ4v) is 2.45. The van der Waals surface area contributed by atoms with Gasteiger partial charge in [-0.25, -0.2) is 15.0 Å². The van der Waals surface area contributed by atoms with Crippen molar-refractivity contribution in [2.24, 2.45) is 0 Å². The smallest absolute Gasteiger partial charge is 0.225 e. The van der Waals surface area contributed by atoms with E-state index in [1.54, 1.807) is 0 Å². The molecule has 0 amide bonds. The minimum atomic E-state index is 0.134. The second kappa shape index (κ2) is 5.03. The summed E-state index contributed by atoms with van der Waals surface area (Å²) in [4.78, 5) is 18.6. The summed E-state index contributed by atoms with van der Waals surface area (Å²) in [6.07, 6.45) is 1.53. The van der Waals surface area contributed by atoms with Crippen molar-refractivity contribution in [3.05, 3.63) is 16.8 Å². The Hall–Kier alpha value is -1.24. The van der Waals surface area contributed by atoms with Crippen molar-refractivity contribution in [3.63, 3.8) is 0 Å². The summed E-state index contributed by atoms with van der Waals surface area (Å²) < 4.78 is 5.52. The molecule has 0 spiro atoms. The van der Waals surface area contributed by atoms with E-state index >= 15 is 0 Å². The maximum Gasteiger partial charge on any atom is 0.225 e. The van der Waals surface area contributed by atoms with Gasteiger partial charge in [-0.3, -0.25) is 0 Å². The van der Waals surface area contributed by atoms with Crippen LogP contribution in [0.25, 0.3) is 11.0 Å². The molecule has 1 aliphatic rings. The van der Waals surface area contributed by atoms with Gasteiger partial charge in [-0.2, -0.15) is 4.98 Å². The molecule has 2 aromatic heterocycles. The maximum absolute atomic E-state index is 6.03. The SMILES string of the molecule is CC1CN(c2nc(Cl)nc3c(Cl)ncnc23)CCO1. The van der Waals surface area contributed by atoms with Crippen LogP contribution >= 0.6 is 23.2 Å². The second-order valence-electron chi connectivity index (χ2n) is 4.31. The van der Waals surface area contributed by atoms with E-state index in [1.165, 1.54) is 6.33 Å². The summed E-state index contributed by atoms with van der Waals surface area (Å²) >= 11 is 12.0. The minimum Gasteiger partial charge on any atom is -0.375 e. The van der Waals surface area contributed by atoms with Gasteiger partial charge in [0.15, 0.2) is 11.0 Å². The first-order valence-corrected chi connectivity index (χ1v) is 6.61. The predicted molar refractivity (Wildman–Crippen MR) is 72.8 cm³/mol. The van der Waals surface area contributed by atoms with Crippen LogP contribution in [0, 0.1) is 0 Å². The number of halogens is 2. The normalized spacial score (nSPS) is 19.9. The van der Waals surface area contributed by atoms with E-state index < -0.39 is 0 Å². The Morgan fingerprint density at radius 2 is 2.11 bits per heavy atom. The highest BCUT2D eigenvalue weighted by Crippen LogP contribution is 2.27. The molecule has 19 heavy (non-hydrogen) atoms. The molecule has 3 heterocycles. The quantitative estimate of drug-likeness (QED) is 0.592. The van der Waals surface area contributed by atoms with Crippen LogP contribution in [0.15, 0.2) is 6.33 Å². The fourth-order valence-electron chi connectivity index (χ4n) is 2.11. The Labute approximate surface area is 119 Å². The second-order valence-corrected chi connectivity index (χ2v) is 5.00. The fraction of sp³-hybridized carbons (Fsp3) is 0.455. The van der Waals surface area contributed by atoms with Crippen LogP contribution in [0.5, 0.6) is 0 Å². The molecule has 1 atom stereocenters. The Morgan fingerprint density at radius 3 is 2.89 bits per heavy atom. The first-order valence-electron chi connectivity index (χ1n) is 5.85. The molecule has 0 bridgehead atoms. The highest BCUT2D eigenvalue weighted by Gasteiger charge is 2.22. The summed E-state index contributed by atoms with van der Waals surface area (Å²) in [6.45, 7) is 4.11. The monoisotopic (exact) mass is 299 g/mol. The highest BCUT2D eigenvalue weighted by molar-refractivity contribution is 6.34. The van der Waals surface area contributed by atoms with Crippen LogP contribution in [0.1, 0.15) is 6.92 Å². The minimum absolute atomic E-state index is 0.134. The molecular formula is C11H11Cl2N5O. The lowest BCUT2D eigenvalue weighted by atomic mass is 10.3. The van der Waals surface area contributed by atoms with E-state index in [1.807, 2.05) is 6.92 Å². The van der Waals surface area contributed by atoms with Crippen molar-refractivity contribution in [1.82, 2.24) is 19.9 Å². The van der Waals surface area contributed by atoms with Gasteiger partial charge in [0, 0.05) is 13.1 Å². The molecule has 6 nitrogen and oxygen atoms in total. The number of rotatable bonds is 1. The summed E-state index contributed by atoms with van der Waals surface area (Å²) in [6, 6.07) is 0. The lowest BCUT2D eigenvalue weighted by molar-refractivity contribution is 0.0530. The average molecular weight is 300 g/mol. The van der Waals surface area contributed by atoms with Crippen molar-refractivity contribution in [3.8, 4) is 0 Å². The average Bonchev–Trinajstić information content (AvgIpc) is 2.39. The van der Waals surface area contributed by atoms with Crippen molar-refractivity contribution >= 4 is 40.1 Å². The molecule has 0 N–H and O–H groups in total. The number of hydrogen-bond acceptors (Lipinski definition) is 6. The van der Waals surface area contributed by atoms with E-state index in [-0.39, 0.29) is 16.5 Å². The number of morpholine rings is 1. The van der Waals surface area contributed by atoms with E-state index in [4.69, 9.17) is 27.9 Å². The third-order valence-corrected chi connectivity index (χ3v) is 3.38. The molecule has 1 aliphatic heterocycles. The summed E-state index contributed by atoms with van der Waals surface area (Å²) in [5.41, 5.74) is 1.08. The molecule has 0 radical (unpaired) electrons. The van der Waals surface area contributed by atoms with Gasteiger partial charge < -0.3 is 9.64 Å². The zero-order valence-electron chi connectivity index (χ0n) is 10.2. The van der Waals surface area contributed by atoms with Gasteiger partial charge in [0.05, 0.1) is 12.7 Å². The standard InChI is InChI=1S/C11H11Cl2N5O/c1-6-4-18(2-3-19-6)10-8-7(16-11(13)17-10)9(12)15-5-14-8/h5-6H,2-4H2,1H3. The van der Waals surface area contributed by atoms with E-state index in [0.717, 1.165) is 13.1 Å². The number of aromatic nitrogens is 4. The van der Waals surface area contributed by atoms with Crippen LogP contribution in [0.3, 0.4) is 0 Å². The molecule has 2 aromatic rings. The molecule has 1 saturated heterocycles. The number of nitrogens with zero attached hydrogens (tertiary/aromatic N) is 5. The molecule has 1 fully saturated rings. The molecule has 0 aliphatic carbocycles. The topological polar surface area (TPSA) is 64.0 Å². The van der Waals surface area contributed by atoms with Gasteiger partial charge in [0.25, 0.3) is 0 Å². The maximum atomic E-state index is 6.03. The van der Waals surface area contributed by atoms with Crippen LogP contribution in [0.2, 0.25) is 10.4 Å². The molecule has 1 unspecified atom stereocenters. The molecular weight excluding hydrogens is 289 g/mol. The van der Waals surface area contributed by atoms with E-state index in [2.05, 4.69) is 24.8 Å². The molecule has 3 rings (SSSR count). The molecule has 0 saturated carbocycles. The third-order valence-electron chi connectivity index (χ3n) is 2.93. The molecule has 8 heteroatoms. The highest BCUT2D eigenvalue weighted by atomic mass is 35.5. The zero-order valence-corrected chi connectivity index (χ0v) is 11.7. The van der Waals surface area contributed by atoms with Crippen molar-refractivity contribution < 1.29 is 4.74 Å². The predicted octanol–water partition coefficient (Wildman–Crippen LogP) is 1.95. The third kappa shape index (κ3) is 2.43. The Bertz CT molecular complexity index is 623. The summed E-state index contributed by atoms with van der Waals surface area (Å²) in [7, 11) is 0. The first kappa shape index (κ1) is 12.8. The van der Waals surface area contributed by atoms with Crippen molar-refractivity contribution in [2.75, 3.05) is 24.6 Å². The van der Waals surface area contributed by atoms with E-state index in [9.17, 15) is 0 Å². The molecule has 0 aromatic carbocycles. The summed E-state index contributed by atoms with van der Waals surface area (Å²) in [5.74, 6) is 0.675. The Balaban J connectivity index is 2.14.